The number of nitrogens with one attached hydrogen (secondary N) is 1. The molecule has 2 aromatic carbocycles. The average Bonchev–Trinajstić information content (AvgIpc) is 2.79. The second kappa shape index (κ2) is 9.10. The zero-order chi connectivity index (χ0) is 19.9. The molecule has 3 aromatic rings. The number of amides is 2. The summed E-state index contributed by atoms with van der Waals surface area (Å²) < 4.78 is 5.85. The van der Waals surface area contributed by atoms with Gasteiger partial charge in [0.05, 0.1) is 0 Å². The molecule has 0 atom stereocenters. The van der Waals surface area contributed by atoms with E-state index < -0.39 is 0 Å². The highest BCUT2D eigenvalue weighted by Crippen LogP contribution is 2.25. The lowest BCUT2D eigenvalue weighted by Gasteiger charge is -2.36. The van der Waals surface area contributed by atoms with Crippen molar-refractivity contribution in [2.45, 2.75) is 6.54 Å². The van der Waals surface area contributed by atoms with Crippen molar-refractivity contribution in [3.63, 3.8) is 0 Å². The zero-order valence-electron chi connectivity index (χ0n) is 16.2. The highest BCUT2D eigenvalue weighted by molar-refractivity contribution is 5.74. The molecule has 29 heavy (non-hydrogen) atoms. The van der Waals surface area contributed by atoms with Crippen LogP contribution in [0.3, 0.4) is 0 Å². The maximum absolute atomic E-state index is 12.4. The number of ether oxygens (including phenoxy) is 1. The van der Waals surface area contributed by atoms with E-state index in [1.54, 1.807) is 12.4 Å². The number of pyridine rings is 1. The summed E-state index contributed by atoms with van der Waals surface area (Å²) in [6.45, 7) is 3.50. The molecule has 0 radical (unpaired) electrons. The number of hydrogen-bond acceptors (Lipinski definition) is 4. The summed E-state index contributed by atoms with van der Waals surface area (Å²) in [6.07, 6.45) is 3.49. The third-order valence-corrected chi connectivity index (χ3v) is 4.91. The number of aromatic nitrogens is 1. The first-order valence-corrected chi connectivity index (χ1v) is 9.77. The molecule has 6 nitrogen and oxygen atoms in total. The fourth-order valence-electron chi connectivity index (χ4n) is 3.31. The molecule has 6 heteroatoms. The molecule has 0 aliphatic carbocycles. The van der Waals surface area contributed by atoms with Gasteiger partial charge in [0.2, 0.25) is 0 Å². The molecule has 1 aromatic heterocycles. The molecule has 2 heterocycles. The van der Waals surface area contributed by atoms with Crippen LogP contribution in [-0.4, -0.2) is 42.1 Å². The van der Waals surface area contributed by atoms with Gasteiger partial charge in [-0.1, -0.05) is 24.3 Å². The summed E-state index contributed by atoms with van der Waals surface area (Å²) in [5, 5.41) is 2.97. The minimum Gasteiger partial charge on any atom is -0.457 e. The Kier molecular flexibility index (Phi) is 5.90. The van der Waals surface area contributed by atoms with E-state index in [2.05, 4.69) is 27.3 Å². The molecule has 0 spiro atoms. The summed E-state index contributed by atoms with van der Waals surface area (Å²) in [4.78, 5) is 20.6. The second-order valence-electron chi connectivity index (χ2n) is 6.90. The minimum atomic E-state index is -0.0277. The lowest BCUT2D eigenvalue weighted by atomic mass is 10.2. The van der Waals surface area contributed by atoms with Gasteiger partial charge in [-0.2, -0.15) is 0 Å². The van der Waals surface area contributed by atoms with Crippen LogP contribution in [0.4, 0.5) is 10.5 Å². The van der Waals surface area contributed by atoms with Crippen LogP contribution in [0, 0.1) is 0 Å². The van der Waals surface area contributed by atoms with Gasteiger partial charge in [0.15, 0.2) is 0 Å². The van der Waals surface area contributed by atoms with Crippen LogP contribution in [0.25, 0.3) is 0 Å². The fourth-order valence-corrected chi connectivity index (χ4v) is 3.31. The largest absolute Gasteiger partial charge is 0.457 e. The molecule has 2 amide bonds. The molecule has 0 unspecified atom stereocenters. The fraction of sp³-hybridized carbons (Fsp3) is 0.217. The number of nitrogens with zero attached hydrogens (tertiary/aromatic N) is 3. The van der Waals surface area contributed by atoms with Crippen LogP contribution in [0.5, 0.6) is 11.5 Å². The van der Waals surface area contributed by atoms with Crippen LogP contribution in [0.2, 0.25) is 0 Å². The Morgan fingerprint density at radius 1 is 0.897 bits per heavy atom. The summed E-state index contributed by atoms with van der Waals surface area (Å²) in [5.41, 5.74) is 2.14. The number of rotatable bonds is 5. The predicted octanol–water partition coefficient (Wildman–Crippen LogP) is 3.91. The van der Waals surface area contributed by atoms with Gasteiger partial charge in [-0.05, 0) is 48.0 Å². The average molecular weight is 388 g/mol. The molecule has 1 N–H and O–H groups in total. The SMILES string of the molecule is O=C(NCc1cccnc1)N1CCN(c2ccc(Oc3ccccc3)cc2)CC1. The lowest BCUT2D eigenvalue weighted by molar-refractivity contribution is 0.194. The van der Waals surface area contributed by atoms with Crippen LogP contribution in [-0.2, 0) is 6.54 Å². The van der Waals surface area contributed by atoms with E-state index in [0.717, 1.165) is 35.8 Å². The third kappa shape index (κ3) is 5.04. The third-order valence-electron chi connectivity index (χ3n) is 4.91. The summed E-state index contributed by atoms with van der Waals surface area (Å²) in [6, 6.07) is 21.6. The maximum Gasteiger partial charge on any atom is 0.317 e. The van der Waals surface area contributed by atoms with Crippen LogP contribution < -0.4 is 15.0 Å². The van der Waals surface area contributed by atoms with Crippen molar-refractivity contribution in [3.05, 3.63) is 84.7 Å². The standard InChI is InChI=1S/C23H24N4O2/c28-23(25-18-19-5-4-12-24-17-19)27-15-13-26(14-16-27)20-8-10-22(11-9-20)29-21-6-2-1-3-7-21/h1-12,17H,13-16,18H2,(H,25,28). The molecule has 148 valence electrons. The summed E-state index contributed by atoms with van der Waals surface area (Å²) >= 11 is 0. The number of carbonyl (C=O) groups excluding carboxylic acids is 1. The number of carbonyl (C=O) groups is 1. The lowest BCUT2D eigenvalue weighted by Crippen LogP contribution is -2.51. The Morgan fingerprint density at radius 2 is 1.62 bits per heavy atom. The molecular weight excluding hydrogens is 364 g/mol. The second-order valence-corrected chi connectivity index (χ2v) is 6.90. The van der Waals surface area contributed by atoms with E-state index in [1.807, 2.05) is 59.5 Å². The molecular formula is C23H24N4O2. The van der Waals surface area contributed by atoms with Crippen LogP contribution in [0.1, 0.15) is 5.56 Å². The Balaban J connectivity index is 1.26. The van der Waals surface area contributed by atoms with Gasteiger partial charge in [0.1, 0.15) is 11.5 Å². The Labute approximate surface area is 170 Å². The van der Waals surface area contributed by atoms with Gasteiger partial charge in [-0.25, -0.2) is 4.79 Å². The van der Waals surface area contributed by atoms with Crippen LogP contribution >= 0.6 is 0 Å². The van der Waals surface area contributed by atoms with Crippen molar-refractivity contribution < 1.29 is 9.53 Å². The van der Waals surface area contributed by atoms with E-state index in [1.165, 1.54) is 0 Å². The molecule has 1 aliphatic heterocycles. The number of benzene rings is 2. The summed E-state index contributed by atoms with van der Waals surface area (Å²) in [7, 11) is 0. The molecule has 4 rings (SSSR count). The maximum atomic E-state index is 12.4. The Bertz CT molecular complexity index is 909. The number of urea groups is 1. The van der Waals surface area contributed by atoms with E-state index in [4.69, 9.17) is 4.74 Å². The number of anilines is 1. The number of hydrogen-bond donors (Lipinski definition) is 1. The van der Waals surface area contributed by atoms with E-state index >= 15 is 0 Å². The molecule has 0 saturated carbocycles. The smallest absolute Gasteiger partial charge is 0.317 e. The first-order chi connectivity index (χ1) is 14.3. The van der Waals surface area contributed by atoms with Gasteiger partial charge < -0.3 is 19.9 Å². The highest BCUT2D eigenvalue weighted by atomic mass is 16.5. The summed E-state index contributed by atoms with van der Waals surface area (Å²) in [5.74, 6) is 1.64. The minimum absolute atomic E-state index is 0.0277. The molecule has 1 aliphatic rings. The first-order valence-electron chi connectivity index (χ1n) is 9.77. The van der Waals surface area contributed by atoms with E-state index in [9.17, 15) is 4.79 Å². The number of para-hydroxylation sites is 1. The quantitative estimate of drug-likeness (QED) is 0.720. The van der Waals surface area contributed by atoms with Crippen LogP contribution in [0.15, 0.2) is 79.1 Å². The molecule has 1 fully saturated rings. The topological polar surface area (TPSA) is 57.7 Å². The Hall–Kier alpha value is -3.54. The zero-order valence-corrected chi connectivity index (χ0v) is 16.2. The van der Waals surface area contributed by atoms with Gasteiger partial charge >= 0.3 is 6.03 Å². The number of piperazine rings is 1. The molecule has 0 bridgehead atoms. The van der Waals surface area contributed by atoms with Crippen molar-refractivity contribution in [3.8, 4) is 11.5 Å². The van der Waals surface area contributed by atoms with Gasteiger partial charge in [0.25, 0.3) is 0 Å². The Morgan fingerprint density at radius 3 is 2.31 bits per heavy atom. The van der Waals surface area contributed by atoms with Crippen molar-refractivity contribution in [1.29, 1.82) is 0 Å². The molecule has 1 saturated heterocycles. The predicted molar refractivity (Wildman–Crippen MR) is 113 cm³/mol. The van der Waals surface area contributed by atoms with E-state index in [0.29, 0.717) is 19.6 Å². The van der Waals surface area contributed by atoms with Crippen molar-refractivity contribution in [1.82, 2.24) is 15.2 Å². The van der Waals surface area contributed by atoms with Crippen molar-refractivity contribution in [2.75, 3.05) is 31.1 Å². The monoisotopic (exact) mass is 388 g/mol. The van der Waals surface area contributed by atoms with Gasteiger partial charge in [-0.3, -0.25) is 4.98 Å². The van der Waals surface area contributed by atoms with Gasteiger partial charge in [-0.15, -0.1) is 0 Å². The van der Waals surface area contributed by atoms with E-state index in [-0.39, 0.29) is 6.03 Å². The highest BCUT2D eigenvalue weighted by Gasteiger charge is 2.21. The van der Waals surface area contributed by atoms with Gasteiger partial charge in [0, 0.05) is 50.8 Å². The van der Waals surface area contributed by atoms with Crippen molar-refractivity contribution >= 4 is 11.7 Å². The normalized spacial score (nSPS) is 13.8. The first kappa shape index (κ1) is 18.8. The van der Waals surface area contributed by atoms with Crippen molar-refractivity contribution in [2.24, 2.45) is 0 Å².